The van der Waals surface area contributed by atoms with Gasteiger partial charge in [0, 0.05) is 31.2 Å². The van der Waals surface area contributed by atoms with Crippen LogP contribution < -0.4 is 5.73 Å². The quantitative estimate of drug-likeness (QED) is 0.549. The summed E-state index contributed by atoms with van der Waals surface area (Å²) in [6.45, 7) is 1.97. The highest BCUT2D eigenvalue weighted by molar-refractivity contribution is 6.12. The lowest BCUT2D eigenvalue weighted by molar-refractivity contribution is -0.138. The van der Waals surface area contributed by atoms with Crippen molar-refractivity contribution in [3.63, 3.8) is 0 Å². The summed E-state index contributed by atoms with van der Waals surface area (Å²) in [4.78, 5) is 26.8. The number of hydrogen-bond acceptors (Lipinski definition) is 5. The summed E-state index contributed by atoms with van der Waals surface area (Å²) in [7, 11) is 1.63. The predicted molar refractivity (Wildman–Crippen MR) is 60.1 cm³/mol. The van der Waals surface area contributed by atoms with Crippen molar-refractivity contribution >= 4 is 17.5 Å². The fraction of sp³-hybridized carbons (Fsp3) is 0.545. The second kappa shape index (κ2) is 5.44. The maximum atomic E-state index is 11.4. The molecule has 1 aliphatic carbocycles. The van der Waals surface area contributed by atoms with Crippen LogP contribution >= 0.6 is 0 Å². The molecular formula is C11H16N2O3. The minimum absolute atomic E-state index is 0.00972. The third-order valence-corrected chi connectivity index (χ3v) is 2.45. The molecule has 1 aliphatic rings. The third kappa shape index (κ3) is 2.68. The Morgan fingerprint density at radius 3 is 2.75 bits per heavy atom. The van der Waals surface area contributed by atoms with Crippen molar-refractivity contribution in [1.29, 1.82) is 0 Å². The number of carbonyl (C=O) groups is 2. The fourth-order valence-electron chi connectivity index (χ4n) is 1.63. The average Bonchev–Trinajstić information content (AvgIpc) is 2.28. The van der Waals surface area contributed by atoms with E-state index in [0.29, 0.717) is 18.4 Å². The van der Waals surface area contributed by atoms with Crippen molar-refractivity contribution in [1.82, 2.24) is 0 Å². The molecule has 0 amide bonds. The van der Waals surface area contributed by atoms with Gasteiger partial charge >= 0.3 is 5.97 Å². The topological polar surface area (TPSA) is 81.8 Å². The summed E-state index contributed by atoms with van der Waals surface area (Å²) < 4.78 is 4.80. The molecule has 1 fully saturated rings. The van der Waals surface area contributed by atoms with Crippen molar-refractivity contribution in [3.05, 3.63) is 11.3 Å². The molecule has 0 heterocycles. The van der Waals surface area contributed by atoms with Crippen LogP contribution in [0.3, 0.4) is 0 Å². The fourth-order valence-corrected chi connectivity index (χ4v) is 1.63. The lowest BCUT2D eigenvalue weighted by atomic mass is 9.90. The SMILES string of the molecule is CCOC(=O)/C(N)=C1\CC(=O)CCC1=NC. The van der Waals surface area contributed by atoms with Crippen LogP contribution in [0.2, 0.25) is 0 Å². The number of ketones is 1. The second-order valence-corrected chi connectivity index (χ2v) is 3.50. The van der Waals surface area contributed by atoms with E-state index in [1.54, 1.807) is 14.0 Å². The molecule has 0 aromatic carbocycles. The van der Waals surface area contributed by atoms with Crippen molar-refractivity contribution in [3.8, 4) is 0 Å². The predicted octanol–water partition coefficient (Wildman–Crippen LogP) is 0.586. The van der Waals surface area contributed by atoms with Crippen LogP contribution in [0.4, 0.5) is 0 Å². The van der Waals surface area contributed by atoms with Gasteiger partial charge in [-0.15, -0.1) is 0 Å². The molecule has 0 atom stereocenters. The molecule has 0 spiro atoms. The van der Waals surface area contributed by atoms with Gasteiger partial charge in [0.05, 0.1) is 6.61 Å². The van der Waals surface area contributed by atoms with Crippen LogP contribution in [-0.4, -0.2) is 31.1 Å². The Morgan fingerprint density at radius 2 is 2.19 bits per heavy atom. The average molecular weight is 224 g/mol. The van der Waals surface area contributed by atoms with Crippen LogP contribution in [0, 0.1) is 0 Å². The van der Waals surface area contributed by atoms with Gasteiger partial charge in [0.1, 0.15) is 11.5 Å². The Balaban J connectivity index is 3.00. The van der Waals surface area contributed by atoms with E-state index in [1.807, 2.05) is 0 Å². The Hall–Kier alpha value is -1.65. The zero-order valence-electron chi connectivity index (χ0n) is 9.58. The first-order chi connectivity index (χ1) is 7.60. The molecule has 0 aliphatic heterocycles. The largest absolute Gasteiger partial charge is 0.461 e. The Kier molecular flexibility index (Phi) is 4.22. The van der Waals surface area contributed by atoms with Gasteiger partial charge < -0.3 is 10.5 Å². The van der Waals surface area contributed by atoms with Crippen LogP contribution in [0.1, 0.15) is 26.2 Å². The molecule has 0 unspecified atom stereocenters. The maximum Gasteiger partial charge on any atom is 0.354 e. The normalized spacial score (nSPS) is 22.1. The van der Waals surface area contributed by atoms with E-state index in [1.165, 1.54) is 0 Å². The number of nitrogens with zero attached hydrogens (tertiary/aromatic N) is 1. The van der Waals surface area contributed by atoms with Crippen LogP contribution in [0.15, 0.2) is 16.3 Å². The number of hydrogen-bond donors (Lipinski definition) is 1. The zero-order valence-corrected chi connectivity index (χ0v) is 9.58. The molecule has 5 nitrogen and oxygen atoms in total. The van der Waals surface area contributed by atoms with Crippen molar-refractivity contribution in [2.24, 2.45) is 10.7 Å². The van der Waals surface area contributed by atoms with Crippen LogP contribution in [0.5, 0.6) is 0 Å². The highest BCUT2D eigenvalue weighted by Crippen LogP contribution is 2.20. The first kappa shape index (κ1) is 12.4. The smallest absolute Gasteiger partial charge is 0.354 e. The first-order valence-electron chi connectivity index (χ1n) is 5.23. The molecule has 5 heteroatoms. The molecule has 0 aromatic heterocycles. The summed E-state index contributed by atoms with van der Waals surface area (Å²) in [5.74, 6) is -0.497. The third-order valence-electron chi connectivity index (χ3n) is 2.45. The molecule has 1 rings (SSSR count). The van der Waals surface area contributed by atoms with Gasteiger partial charge in [0.2, 0.25) is 0 Å². The van der Waals surface area contributed by atoms with Gasteiger partial charge in [-0.2, -0.15) is 0 Å². The van der Waals surface area contributed by atoms with Crippen LogP contribution in [0.25, 0.3) is 0 Å². The van der Waals surface area contributed by atoms with E-state index in [-0.39, 0.29) is 24.5 Å². The Bertz CT molecular complexity index is 369. The summed E-state index contributed by atoms with van der Waals surface area (Å²) in [5, 5.41) is 0. The van der Waals surface area contributed by atoms with E-state index >= 15 is 0 Å². The van der Waals surface area contributed by atoms with Gasteiger partial charge in [-0.25, -0.2) is 4.79 Å². The molecule has 2 N–H and O–H groups in total. The molecule has 0 radical (unpaired) electrons. The first-order valence-corrected chi connectivity index (χ1v) is 5.23. The summed E-state index contributed by atoms with van der Waals surface area (Å²) in [5.41, 5.74) is 6.94. The zero-order chi connectivity index (χ0) is 12.1. The highest BCUT2D eigenvalue weighted by atomic mass is 16.5. The van der Waals surface area contributed by atoms with Gasteiger partial charge in [-0.05, 0) is 13.3 Å². The number of allylic oxidation sites excluding steroid dienone is 1. The summed E-state index contributed by atoms with van der Waals surface area (Å²) >= 11 is 0. The van der Waals surface area contributed by atoms with Gasteiger partial charge in [0.15, 0.2) is 0 Å². The molecule has 88 valence electrons. The number of ether oxygens (including phenoxy) is 1. The number of aliphatic imine (C=N–C) groups is 1. The molecule has 0 saturated heterocycles. The lowest BCUT2D eigenvalue weighted by Gasteiger charge is -2.17. The Labute approximate surface area is 94.4 Å². The van der Waals surface area contributed by atoms with E-state index in [4.69, 9.17) is 10.5 Å². The number of carbonyl (C=O) groups excluding carboxylic acids is 2. The molecule has 16 heavy (non-hydrogen) atoms. The van der Waals surface area contributed by atoms with E-state index in [9.17, 15) is 9.59 Å². The highest BCUT2D eigenvalue weighted by Gasteiger charge is 2.24. The van der Waals surface area contributed by atoms with E-state index in [0.717, 1.165) is 5.71 Å². The molecule has 0 bridgehead atoms. The van der Waals surface area contributed by atoms with E-state index in [2.05, 4.69) is 4.99 Å². The standard InChI is InChI=1S/C11H16N2O3/c1-3-16-11(15)10(12)8-6-7(14)4-5-9(8)13-2/h3-6,12H2,1-2H3/b10-8-,13-9?. The number of Topliss-reactive ketones (excluding diaryl/α,β-unsaturated/α-hetero) is 1. The Morgan fingerprint density at radius 1 is 1.50 bits per heavy atom. The minimum Gasteiger partial charge on any atom is -0.461 e. The lowest BCUT2D eigenvalue weighted by Crippen LogP contribution is -2.25. The molecule has 1 saturated carbocycles. The monoisotopic (exact) mass is 224 g/mol. The van der Waals surface area contributed by atoms with Crippen molar-refractivity contribution in [2.45, 2.75) is 26.2 Å². The molecule has 0 aromatic rings. The summed E-state index contributed by atoms with van der Waals surface area (Å²) in [6.07, 6.45) is 1.19. The van der Waals surface area contributed by atoms with Crippen molar-refractivity contribution in [2.75, 3.05) is 13.7 Å². The van der Waals surface area contributed by atoms with Gasteiger partial charge in [-0.3, -0.25) is 9.79 Å². The number of nitrogens with two attached hydrogens (primary N) is 1. The summed E-state index contributed by atoms with van der Waals surface area (Å²) in [6, 6.07) is 0. The van der Waals surface area contributed by atoms with Crippen LogP contribution in [-0.2, 0) is 14.3 Å². The number of rotatable bonds is 2. The minimum atomic E-state index is -0.576. The van der Waals surface area contributed by atoms with E-state index < -0.39 is 5.97 Å². The van der Waals surface area contributed by atoms with Gasteiger partial charge in [0.25, 0.3) is 0 Å². The molecular weight excluding hydrogens is 208 g/mol. The number of esters is 1. The van der Waals surface area contributed by atoms with Gasteiger partial charge in [-0.1, -0.05) is 0 Å². The second-order valence-electron chi connectivity index (χ2n) is 3.50. The van der Waals surface area contributed by atoms with Crippen molar-refractivity contribution < 1.29 is 14.3 Å². The maximum absolute atomic E-state index is 11.4.